The summed E-state index contributed by atoms with van der Waals surface area (Å²) in [6, 6.07) is 22.6. The van der Waals surface area contributed by atoms with Crippen LogP contribution >= 0.6 is 11.6 Å². The van der Waals surface area contributed by atoms with Crippen molar-refractivity contribution in [3.05, 3.63) is 94.5 Å². The first kappa shape index (κ1) is 20.0. The second-order valence-corrected chi connectivity index (χ2v) is 8.10. The number of nitrogens with one attached hydrogen (secondary N) is 1. The summed E-state index contributed by atoms with van der Waals surface area (Å²) in [5, 5.41) is 3.72. The van der Waals surface area contributed by atoms with Crippen LogP contribution in [-0.4, -0.2) is 5.91 Å². The molecule has 1 amide bonds. The Labute approximate surface area is 171 Å². The zero-order valence-electron chi connectivity index (χ0n) is 16.3. The second kappa shape index (κ2) is 8.49. The van der Waals surface area contributed by atoms with Gasteiger partial charge in [-0.15, -0.1) is 0 Å². The van der Waals surface area contributed by atoms with Crippen molar-refractivity contribution >= 4 is 23.2 Å². The highest BCUT2D eigenvalue weighted by Gasteiger charge is 2.20. The molecule has 0 heterocycles. The molecular formula is C24H24ClNO2. The lowest BCUT2D eigenvalue weighted by atomic mass is 9.86. The van der Waals surface area contributed by atoms with E-state index in [1.54, 1.807) is 12.1 Å². The molecule has 0 atom stereocenters. The van der Waals surface area contributed by atoms with Crippen molar-refractivity contribution < 1.29 is 9.53 Å². The summed E-state index contributed by atoms with van der Waals surface area (Å²) < 4.78 is 5.92. The fourth-order valence-corrected chi connectivity index (χ4v) is 3.08. The van der Waals surface area contributed by atoms with Crippen LogP contribution in [0.15, 0.2) is 72.8 Å². The Bertz CT molecular complexity index is 959. The maximum atomic E-state index is 13.0. The van der Waals surface area contributed by atoms with Crippen LogP contribution < -0.4 is 10.1 Å². The fourth-order valence-electron chi connectivity index (χ4n) is 2.96. The molecule has 0 fully saturated rings. The van der Waals surface area contributed by atoms with Crippen molar-refractivity contribution in [1.29, 1.82) is 0 Å². The third-order valence-electron chi connectivity index (χ3n) is 4.42. The van der Waals surface area contributed by atoms with Gasteiger partial charge in [0.25, 0.3) is 5.91 Å². The first-order chi connectivity index (χ1) is 13.3. The van der Waals surface area contributed by atoms with Crippen LogP contribution in [-0.2, 0) is 12.0 Å². The second-order valence-electron chi connectivity index (χ2n) is 7.66. The molecule has 0 aliphatic heterocycles. The Hall–Kier alpha value is -2.78. The van der Waals surface area contributed by atoms with E-state index in [9.17, 15) is 4.79 Å². The third-order valence-corrected chi connectivity index (χ3v) is 4.67. The minimum atomic E-state index is -0.191. The summed E-state index contributed by atoms with van der Waals surface area (Å²) in [6.45, 7) is 6.74. The number of anilines is 1. The standard InChI is InChI=1S/C24H24ClNO2/c1-24(2,3)20-9-5-6-10-21(20)26-23(27)19-8-4-7-11-22(19)28-16-17-12-14-18(25)15-13-17/h4-15H,16H2,1-3H3,(H,26,27). The maximum Gasteiger partial charge on any atom is 0.259 e. The molecule has 144 valence electrons. The quantitative estimate of drug-likeness (QED) is 0.539. The van der Waals surface area contributed by atoms with Crippen molar-refractivity contribution in [2.45, 2.75) is 32.8 Å². The van der Waals surface area contributed by atoms with E-state index in [1.165, 1.54) is 0 Å². The van der Waals surface area contributed by atoms with Crippen molar-refractivity contribution in [2.75, 3.05) is 5.32 Å². The molecule has 3 rings (SSSR count). The molecule has 0 unspecified atom stereocenters. The molecule has 3 aromatic carbocycles. The Morgan fingerprint density at radius 2 is 1.57 bits per heavy atom. The lowest BCUT2D eigenvalue weighted by molar-refractivity contribution is 0.102. The number of para-hydroxylation sites is 2. The van der Waals surface area contributed by atoms with Gasteiger partial charge < -0.3 is 10.1 Å². The van der Waals surface area contributed by atoms with Crippen molar-refractivity contribution in [1.82, 2.24) is 0 Å². The van der Waals surface area contributed by atoms with Gasteiger partial charge in [-0.25, -0.2) is 0 Å². The first-order valence-corrected chi connectivity index (χ1v) is 9.59. The lowest BCUT2D eigenvalue weighted by Crippen LogP contribution is -2.19. The summed E-state index contributed by atoms with van der Waals surface area (Å²) in [6.07, 6.45) is 0. The molecule has 0 saturated carbocycles. The fraction of sp³-hybridized carbons (Fsp3) is 0.208. The van der Waals surface area contributed by atoms with Gasteiger partial charge in [-0.2, -0.15) is 0 Å². The van der Waals surface area contributed by atoms with E-state index in [0.29, 0.717) is 22.9 Å². The molecule has 0 bridgehead atoms. The van der Waals surface area contributed by atoms with Crippen LogP contribution in [0.25, 0.3) is 0 Å². The molecule has 3 aromatic rings. The van der Waals surface area contributed by atoms with Gasteiger partial charge in [0, 0.05) is 10.7 Å². The molecule has 1 N–H and O–H groups in total. The molecule has 28 heavy (non-hydrogen) atoms. The predicted molar refractivity (Wildman–Crippen MR) is 115 cm³/mol. The predicted octanol–water partition coefficient (Wildman–Crippen LogP) is 6.47. The van der Waals surface area contributed by atoms with Crippen molar-refractivity contribution in [3.63, 3.8) is 0 Å². The van der Waals surface area contributed by atoms with Crippen LogP contribution in [0.1, 0.15) is 42.3 Å². The Morgan fingerprint density at radius 1 is 0.929 bits per heavy atom. The van der Waals surface area contributed by atoms with Crippen LogP contribution in [0, 0.1) is 0 Å². The average molecular weight is 394 g/mol. The van der Waals surface area contributed by atoms with Crippen molar-refractivity contribution in [2.24, 2.45) is 0 Å². The highest BCUT2D eigenvalue weighted by molar-refractivity contribution is 6.30. The van der Waals surface area contributed by atoms with Crippen LogP contribution in [0.5, 0.6) is 5.75 Å². The molecular weight excluding hydrogens is 370 g/mol. The Balaban J connectivity index is 1.79. The van der Waals surface area contributed by atoms with E-state index in [0.717, 1.165) is 16.8 Å². The van der Waals surface area contributed by atoms with Gasteiger partial charge in [-0.05, 0) is 46.9 Å². The number of benzene rings is 3. The number of halogens is 1. The van der Waals surface area contributed by atoms with E-state index in [4.69, 9.17) is 16.3 Å². The highest BCUT2D eigenvalue weighted by atomic mass is 35.5. The SMILES string of the molecule is CC(C)(C)c1ccccc1NC(=O)c1ccccc1OCc1ccc(Cl)cc1. The summed E-state index contributed by atoms with van der Waals surface area (Å²) in [4.78, 5) is 13.0. The monoisotopic (exact) mass is 393 g/mol. The Kier molecular flexibility index (Phi) is 6.05. The highest BCUT2D eigenvalue weighted by Crippen LogP contribution is 2.30. The zero-order chi connectivity index (χ0) is 20.1. The summed E-state index contributed by atoms with van der Waals surface area (Å²) >= 11 is 5.92. The van der Waals surface area contributed by atoms with E-state index >= 15 is 0 Å². The molecule has 0 aromatic heterocycles. The number of carbonyl (C=O) groups is 1. The van der Waals surface area contributed by atoms with E-state index in [2.05, 4.69) is 26.1 Å². The van der Waals surface area contributed by atoms with E-state index < -0.39 is 0 Å². The van der Waals surface area contributed by atoms with Gasteiger partial charge in [0.05, 0.1) is 5.56 Å². The van der Waals surface area contributed by atoms with Crippen LogP contribution in [0.2, 0.25) is 5.02 Å². The summed E-state index contributed by atoms with van der Waals surface area (Å²) in [7, 11) is 0. The molecule has 0 radical (unpaired) electrons. The summed E-state index contributed by atoms with van der Waals surface area (Å²) in [5.41, 5.74) is 3.31. The van der Waals surface area contributed by atoms with Gasteiger partial charge in [0.2, 0.25) is 0 Å². The lowest BCUT2D eigenvalue weighted by Gasteiger charge is -2.23. The van der Waals surface area contributed by atoms with Gasteiger partial charge in [0.15, 0.2) is 0 Å². The number of hydrogen-bond acceptors (Lipinski definition) is 2. The summed E-state index contributed by atoms with van der Waals surface area (Å²) in [5.74, 6) is 0.353. The van der Waals surface area contributed by atoms with Crippen LogP contribution in [0.4, 0.5) is 5.69 Å². The normalized spacial score (nSPS) is 11.1. The van der Waals surface area contributed by atoms with E-state index in [-0.39, 0.29) is 11.3 Å². The van der Waals surface area contributed by atoms with Crippen molar-refractivity contribution in [3.8, 4) is 5.75 Å². The largest absolute Gasteiger partial charge is 0.488 e. The third kappa shape index (κ3) is 4.93. The molecule has 0 saturated heterocycles. The minimum Gasteiger partial charge on any atom is -0.488 e. The number of carbonyl (C=O) groups excluding carboxylic acids is 1. The van der Waals surface area contributed by atoms with Gasteiger partial charge in [-0.3, -0.25) is 4.79 Å². The molecule has 0 aliphatic carbocycles. The smallest absolute Gasteiger partial charge is 0.259 e. The van der Waals surface area contributed by atoms with E-state index in [1.807, 2.05) is 60.7 Å². The Morgan fingerprint density at radius 3 is 2.29 bits per heavy atom. The first-order valence-electron chi connectivity index (χ1n) is 9.22. The number of rotatable bonds is 5. The maximum absolute atomic E-state index is 13.0. The zero-order valence-corrected chi connectivity index (χ0v) is 17.1. The van der Waals surface area contributed by atoms with Crippen LogP contribution in [0.3, 0.4) is 0 Å². The molecule has 0 aliphatic rings. The average Bonchev–Trinajstić information content (AvgIpc) is 2.67. The van der Waals surface area contributed by atoms with Gasteiger partial charge >= 0.3 is 0 Å². The molecule has 3 nitrogen and oxygen atoms in total. The molecule has 0 spiro atoms. The topological polar surface area (TPSA) is 38.3 Å². The van der Waals surface area contributed by atoms with Gasteiger partial charge in [-0.1, -0.05) is 74.8 Å². The number of amides is 1. The minimum absolute atomic E-state index is 0.0749. The number of ether oxygens (including phenoxy) is 1. The van der Waals surface area contributed by atoms with Gasteiger partial charge in [0.1, 0.15) is 12.4 Å². The number of hydrogen-bond donors (Lipinski definition) is 1. The molecule has 4 heteroatoms.